The van der Waals surface area contributed by atoms with Gasteiger partial charge in [0.05, 0.1) is 33.3 Å². The van der Waals surface area contributed by atoms with Crippen LogP contribution in [0.15, 0.2) is 71.6 Å². The van der Waals surface area contributed by atoms with Crippen molar-refractivity contribution in [2.75, 3.05) is 38.5 Å². The van der Waals surface area contributed by atoms with Gasteiger partial charge in [0.25, 0.3) is 10.0 Å². The van der Waals surface area contributed by atoms with Crippen LogP contribution in [0.2, 0.25) is 0 Å². The molecule has 0 aliphatic rings. The molecule has 3 rings (SSSR count). The second-order valence-electron chi connectivity index (χ2n) is 7.14. The molecule has 0 fully saturated rings. The summed E-state index contributed by atoms with van der Waals surface area (Å²) in [4.78, 5) is 12.5. The van der Waals surface area contributed by atoms with Crippen LogP contribution in [-0.4, -0.2) is 42.8 Å². The molecule has 0 saturated heterocycles. The number of hydrogen-bond acceptors (Lipinski definition) is 7. The first-order valence-electron chi connectivity index (χ1n) is 10.4. The molecule has 0 bridgehead atoms. The van der Waals surface area contributed by atoms with Crippen molar-refractivity contribution in [3.8, 4) is 23.0 Å². The number of methoxy groups -OCH3 is 4. The van der Waals surface area contributed by atoms with Crippen LogP contribution < -0.4 is 29.0 Å². The Morgan fingerprint density at radius 2 is 1.46 bits per heavy atom. The fourth-order valence-corrected chi connectivity index (χ4v) is 4.27. The summed E-state index contributed by atoms with van der Waals surface area (Å²) in [6, 6.07) is 15.8. The van der Waals surface area contributed by atoms with E-state index >= 15 is 0 Å². The zero-order valence-corrected chi connectivity index (χ0v) is 20.5. The van der Waals surface area contributed by atoms with E-state index in [1.165, 1.54) is 46.6 Å². The molecule has 35 heavy (non-hydrogen) atoms. The summed E-state index contributed by atoms with van der Waals surface area (Å²) in [6.07, 6.45) is 2.89. The quantitative estimate of drug-likeness (QED) is 0.404. The molecule has 3 aromatic rings. The molecule has 0 atom stereocenters. The molecule has 0 heterocycles. The minimum Gasteiger partial charge on any atom is -0.497 e. The number of rotatable bonds is 10. The maximum atomic E-state index is 12.8. The molecule has 0 spiro atoms. The second kappa shape index (κ2) is 11.3. The van der Waals surface area contributed by atoms with Gasteiger partial charge in [-0.3, -0.25) is 9.52 Å². The number of anilines is 2. The van der Waals surface area contributed by atoms with E-state index in [0.717, 1.165) is 0 Å². The summed E-state index contributed by atoms with van der Waals surface area (Å²) in [6.45, 7) is 0. The monoisotopic (exact) mass is 498 g/mol. The molecule has 0 saturated carbocycles. The summed E-state index contributed by atoms with van der Waals surface area (Å²) >= 11 is 0. The Kier molecular flexibility index (Phi) is 8.21. The molecule has 0 aromatic heterocycles. The number of benzene rings is 3. The lowest BCUT2D eigenvalue weighted by atomic mass is 10.1. The SMILES string of the molecule is COc1ccc(NS(=O)(=O)c2cccc(NC(=O)/C=C/c3cc(OC)c(OC)c(OC)c3)c2)cc1. The number of sulfonamides is 1. The van der Waals surface area contributed by atoms with Gasteiger partial charge in [0.15, 0.2) is 11.5 Å². The molecule has 10 heteroatoms. The summed E-state index contributed by atoms with van der Waals surface area (Å²) in [5.74, 6) is 1.51. The minimum atomic E-state index is -3.87. The van der Waals surface area contributed by atoms with E-state index in [0.29, 0.717) is 39.9 Å². The smallest absolute Gasteiger partial charge is 0.261 e. The third kappa shape index (κ3) is 6.45. The van der Waals surface area contributed by atoms with E-state index in [4.69, 9.17) is 18.9 Å². The highest BCUT2D eigenvalue weighted by molar-refractivity contribution is 7.92. The van der Waals surface area contributed by atoms with Gasteiger partial charge in [-0.1, -0.05) is 6.07 Å². The van der Waals surface area contributed by atoms with Crippen molar-refractivity contribution in [1.82, 2.24) is 0 Å². The number of carbonyl (C=O) groups is 1. The van der Waals surface area contributed by atoms with Crippen LogP contribution in [0.1, 0.15) is 5.56 Å². The normalized spacial score (nSPS) is 11.1. The summed E-state index contributed by atoms with van der Waals surface area (Å²) in [5, 5.41) is 2.66. The molecule has 1 amide bonds. The standard InChI is InChI=1S/C25H26N2O7S/c1-31-20-11-9-18(10-12-20)27-35(29,30)21-7-5-6-19(16-21)26-24(28)13-8-17-14-22(32-2)25(34-4)23(15-17)33-3/h5-16,27H,1-4H3,(H,26,28)/b13-8+. The van der Waals surface area contributed by atoms with Crippen LogP contribution in [0, 0.1) is 0 Å². The van der Waals surface area contributed by atoms with Gasteiger partial charge in [0.2, 0.25) is 11.7 Å². The van der Waals surface area contributed by atoms with Gasteiger partial charge < -0.3 is 24.3 Å². The predicted molar refractivity (Wildman–Crippen MR) is 134 cm³/mol. The van der Waals surface area contributed by atoms with E-state index in [9.17, 15) is 13.2 Å². The predicted octanol–water partition coefficient (Wildman–Crippen LogP) is 4.17. The van der Waals surface area contributed by atoms with Crippen molar-refractivity contribution in [2.45, 2.75) is 4.90 Å². The number of hydrogen-bond donors (Lipinski definition) is 2. The van der Waals surface area contributed by atoms with Crippen LogP contribution in [0.25, 0.3) is 6.08 Å². The Balaban J connectivity index is 1.73. The summed E-state index contributed by atoms with van der Waals surface area (Å²) < 4.78 is 49.0. The van der Waals surface area contributed by atoms with Gasteiger partial charge in [-0.2, -0.15) is 0 Å². The molecule has 9 nitrogen and oxygen atoms in total. The minimum absolute atomic E-state index is 0.000255. The Morgan fingerprint density at radius 1 is 0.800 bits per heavy atom. The van der Waals surface area contributed by atoms with Crippen molar-refractivity contribution < 1.29 is 32.2 Å². The molecule has 184 valence electrons. The topological polar surface area (TPSA) is 112 Å². The first-order chi connectivity index (χ1) is 16.8. The molecule has 0 aliphatic heterocycles. The molecule has 0 aliphatic carbocycles. The molecule has 0 radical (unpaired) electrons. The highest BCUT2D eigenvalue weighted by Crippen LogP contribution is 2.38. The highest BCUT2D eigenvalue weighted by Gasteiger charge is 2.16. The van der Waals surface area contributed by atoms with Crippen LogP contribution >= 0.6 is 0 Å². The molecular weight excluding hydrogens is 472 g/mol. The second-order valence-corrected chi connectivity index (χ2v) is 8.83. The molecule has 3 aromatic carbocycles. The van der Waals surface area contributed by atoms with Gasteiger partial charge in [0.1, 0.15) is 5.75 Å². The molecule has 2 N–H and O–H groups in total. The summed E-state index contributed by atoms with van der Waals surface area (Å²) in [5.41, 5.74) is 1.35. The zero-order chi connectivity index (χ0) is 25.4. The van der Waals surface area contributed by atoms with Gasteiger partial charge >= 0.3 is 0 Å². The molecule has 0 unspecified atom stereocenters. The summed E-state index contributed by atoms with van der Waals surface area (Å²) in [7, 11) is 2.17. The Bertz CT molecular complexity index is 1290. The zero-order valence-electron chi connectivity index (χ0n) is 19.7. The van der Waals surface area contributed by atoms with Crippen LogP contribution in [0.5, 0.6) is 23.0 Å². The number of ether oxygens (including phenoxy) is 4. The lowest BCUT2D eigenvalue weighted by Gasteiger charge is -2.12. The maximum Gasteiger partial charge on any atom is 0.261 e. The number of carbonyl (C=O) groups excluding carboxylic acids is 1. The van der Waals surface area contributed by atoms with E-state index in [1.807, 2.05) is 0 Å². The van der Waals surface area contributed by atoms with Gasteiger partial charge in [-0.25, -0.2) is 8.42 Å². The van der Waals surface area contributed by atoms with Crippen LogP contribution in [-0.2, 0) is 14.8 Å². The Morgan fingerprint density at radius 3 is 2.03 bits per heavy atom. The fraction of sp³-hybridized carbons (Fsp3) is 0.160. The van der Waals surface area contributed by atoms with Crippen molar-refractivity contribution >= 4 is 33.4 Å². The lowest BCUT2D eigenvalue weighted by Crippen LogP contribution is -2.14. The third-order valence-corrected chi connectivity index (χ3v) is 6.25. The fourth-order valence-electron chi connectivity index (χ4n) is 3.17. The number of nitrogens with one attached hydrogen (secondary N) is 2. The average molecular weight is 499 g/mol. The van der Waals surface area contributed by atoms with Gasteiger partial charge in [-0.05, 0) is 66.2 Å². The van der Waals surface area contributed by atoms with Crippen LogP contribution in [0.3, 0.4) is 0 Å². The van der Waals surface area contributed by atoms with Crippen molar-refractivity contribution in [2.24, 2.45) is 0 Å². The van der Waals surface area contributed by atoms with Gasteiger partial charge in [0, 0.05) is 17.5 Å². The lowest BCUT2D eigenvalue weighted by molar-refractivity contribution is -0.111. The first-order valence-corrected chi connectivity index (χ1v) is 11.8. The van der Waals surface area contributed by atoms with Crippen molar-refractivity contribution in [3.63, 3.8) is 0 Å². The van der Waals surface area contributed by atoms with E-state index in [-0.39, 0.29) is 4.90 Å². The molecular formula is C25H26N2O7S. The average Bonchev–Trinajstić information content (AvgIpc) is 2.87. The highest BCUT2D eigenvalue weighted by atomic mass is 32.2. The van der Waals surface area contributed by atoms with Crippen molar-refractivity contribution in [1.29, 1.82) is 0 Å². The Labute approximate surface area is 204 Å². The largest absolute Gasteiger partial charge is 0.497 e. The maximum absolute atomic E-state index is 12.8. The number of amides is 1. The Hall–Kier alpha value is -4.18. The van der Waals surface area contributed by atoms with E-state index in [2.05, 4.69) is 10.0 Å². The van der Waals surface area contributed by atoms with Crippen LogP contribution in [0.4, 0.5) is 11.4 Å². The third-order valence-electron chi connectivity index (χ3n) is 4.87. The first kappa shape index (κ1) is 25.4. The van der Waals surface area contributed by atoms with E-state index in [1.54, 1.807) is 54.6 Å². The van der Waals surface area contributed by atoms with Gasteiger partial charge in [-0.15, -0.1) is 0 Å². The van der Waals surface area contributed by atoms with E-state index < -0.39 is 15.9 Å². The van der Waals surface area contributed by atoms with Crippen molar-refractivity contribution in [3.05, 3.63) is 72.3 Å².